The number of nitrogens with zero attached hydrogens (tertiary/aromatic N) is 2. The molecule has 0 radical (unpaired) electrons. The van der Waals surface area contributed by atoms with Crippen LogP contribution in [0.5, 0.6) is 5.88 Å². The molecule has 1 rings (SSSR count). The fourth-order valence-electron chi connectivity index (χ4n) is 2.04. The minimum Gasteiger partial charge on any atom is -0.473 e. The Kier molecular flexibility index (Phi) is 6.51. The van der Waals surface area contributed by atoms with Crippen molar-refractivity contribution in [1.82, 2.24) is 9.97 Å². The number of aliphatic hydroxyl groups excluding tert-OH is 1. The molecular formula is C14H26N4O2. The van der Waals surface area contributed by atoms with E-state index < -0.39 is 6.10 Å². The molecule has 0 fully saturated rings. The van der Waals surface area contributed by atoms with Gasteiger partial charge in [0.05, 0.1) is 12.2 Å². The highest BCUT2D eigenvalue weighted by molar-refractivity contribution is 5.66. The first-order chi connectivity index (χ1) is 9.49. The Morgan fingerprint density at radius 1 is 1.30 bits per heavy atom. The van der Waals surface area contributed by atoms with Gasteiger partial charge in [-0.3, -0.25) is 0 Å². The topological polar surface area (TPSA) is 93.3 Å². The first-order valence-corrected chi connectivity index (χ1v) is 7.18. The Morgan fingerprint density at radius 3 is 2.50 bits per heavy atom. The van der Waals surface area contributed by atoms with Crippen LogP contribution in [0.25, 0.3) is 0 Å². The van der Waals surface area contributed by atoms with Crippen LogP contribution in [0.3, 0.4) is 0 Å². The number of nitrogen functional groups attached to an aromatic ring is 1. The number of hydrogen-bond acceptors (Lipinski definition) is 6. The molecule has 6 nitrogen and oxygen atoms in total. The lowest BCUT2D eigenvalue weighted by molar-refractivity contribution is 0.114. The predicted molar refractivity (Wildman–Crippen MR) is 80.8 cm³/mol. The summed E-state index contributed by atoms with van der Waals surface area (Å²) in [7, 11) is 0. The van der Waals surface area contributed by atoms with Crippen LogP contribution in [0.1, 0.15) is 40.5 Å². The van der Waals surface area contributed by atoms with Gasteiger partial charge in [-0.25, -0.2) is 4.98 Å². The standard InChI is InChI=1S/C14H26N4O2/c1-5-10(6-2)11(19)7-16-13-12(15)14(18-8-17-13)20-9(3)4/h8-11,19H,5-7,15H2,1-4H3,(H,16,17,18). The molecule has 4 N–H and O–H groups in total. The zero-order valence-electron chi connectivity index (χ0n) is 12.8. The lowest BCUT2D eigenvalue weighted by atomic mass is 9.96. The molecular weight excluding hydrogens is 256 g/mol. The van der Waals surface area contributed by atoms with Gasteiger partial charge in [-0.1, -0.05) is 26.7 Å². The number of anilines is 2. The van der Waals surface area contributed by atoms with Crippen molar-refractivity contribution in [3.63, 3.8) is 0 Å². The molecule has 0 saturated heterocycles. The molecule has 0 amide bonds. The SMILES string of the molecule is CCC(CC)C(O)CNc1ncnc(OC(C)C)c1N. The third-order valence-corrected chi connectivity index (χ3v) is 3.27. The second-order valence-electron chi connectivity index (χ2n) is 5.13. The van der Waals surface area contributed by atoms with E-state index in [0.29, 0.717) is 23.9 Å². The maximum atomic E-state index is 10.1. The van der Waals surface area contributed by atoms with Crippen LogP contribution in [-0.2, 0) is 0 Å². The number of aromatic nitrogens is 2. The van der Waals surface area contributed by atoms with Crippen LogP contribution < -0.4 is 15.8 Å². The smallest absolute Gasteiger partial charge is 0.242 e. The van der Waals surface area contributed by atoms with E-state index in [-0.39, 0.29) is 12.0 Å². The van der Waals surface area contributed by atoms with Gasteiger partial charge < -0.3 is 20.9 Å². The summed E-state index contributed by atoms with van der Waals surface area (Å²) in [5.41, 5.74) is 6.34. The predicted octanol–water partition coefficient (Wildman–Crippen LogP) is 2.06. The highest BCUT2D eigenvalue weighted by Gasteiger charge is 2.17. The first kappa shape index (κ1) is 16.5. The zero-order valence-corrected chi connectivity index (χ0v) is 12.8. The van der Waals surface area contributed by atoms with Gasteiger partial charge in [-0.2, -0.15) is 4.98 Å². The highest BCUT2D eigenvalue weighted by atomic mass is 16.5. The summed E-state index contributed by atoms with van der Waals surface area (Å²) < 4.78 is 5.50. The van der Waals surface area contributed by atoms with Crippen LogP contribution in [0, 0.1) is 5.92 Å². The van der Waals surface area contributed by atoms with Gasteiger partial charge in [0.1, 0.15) is 12.0 Å². The minimum atomic E-state index is -0.422. The van der Waals surface area contributed by atoms with Gasteiger partial charge in [0.2, 0.25) is 5.88 Å². The number of rotatable bonds is 8. The average Bonchev–Trinajstić information content (AvgIpc) is 2.40. The Bertz CT molecular complexity index is 408. The van der Waals surface area contributed by atoms with Crippen LogP contribution in [0.15, 0.2) is 6.33 Å². The minimum absolute atomic E-state index is 0.00444. The summed E-state index contributed by atoms with van der Waals surface area (Å²) in [6.07, 6.45) is 2.87. The lowest BCUT2D eigenvalue weighted by Crippen LogP contribution is -2.28. The van der Waals surface area contributed by atoms with Crippen molar-refractivity contribution in [3.05, 3.63) is 6.33 Å². The molecule has 1 unspecified atom stereocenters. The van der Waals surface area contributed by atoms with Crippen LogP contribution >= 0.6 is 0 Å². The second kappa shape index (κ2) is 7.89. The normalized spacial score (nSPS) is 12.8. The quantitative estimate of drug-likeness (QED) is 0.675. The van der Waals surface area contributed by atoms with Crippen LogP contribution in [-0.4, -0.2) is 33.8 Å². The van der Waals surface area contributed by atoms with E-state index in [1.165, 1.54) is 6.33 Å². The van der Waals surface area contributed by atoms with Gasteiger partial charge >= 0.3 is 0 Å². The summed E-state index contributed by atoms with van der Waals surface area (Å²) in [4.78, 5) is 8.10. The molecule has 20 heavy (non-hydrogen) atoms. The summed E-state index contributed by atoms with van der Waals surface area (Å²) in [6.45, 7) is 8.38. The monoisotopic (exact) mass is 282 g/mol. The van der Waals surface area contributed by atoms with Crippen molar-refractivity contribution < 1.29 is 9.84 Å². The Labute approximate surface area is 120 Å². The Morgan fingerprint density at radius 2 is 1.95 bits per heavy atom. The number of hydrogen-bond donors (Lipinski definition) is 3. The van der Waals surface area contributed by atoms with Crippen molar-refractivity contribution in [2.24, 2.45) is 5.92 Å². The second-order valence-corrected chi connectivity index (χ2v) is 5.13. The van der Waals surface area contributed by atoms with Crippen molar-refractivity contribution in [1.29, 1.82) is 0 Å². The number of nitrogens with one attached hydrogen (secondary N) is 1. The van der Waals surface area contributed by atoms with Gasteiger partial charge in [-0.05, 0) is 19.8 Å². The average molecular weight is 282 g/mol. The van der Waals surface area contributed by atoms with Gasteiger partial charge in [0.25, 0.3) is 0 Å². The molecule has 0 aliphatic carbocycles. The maximum absolute atomic E-state index is 10.1. The van der Waals surface area contributed by atoms with E-state index in [0.717, 1.165) is 12.8 Å². The van der Waals surface area contributed by atoms with E-state index in [4.69, 9.17) is 10.5 Å². The van der Waals surface area contributed by atoms with Crippen LogP contribution in [0.4, 0.5) is 11.5 Å². The van der Waals surface area contributed by atoms with E-state index >= 15 is 0 Å². The molecule has 0 spiro atoms. The number of nitrogens with two attached hydrogens (primary N) is 1. The molecule has 1 aromatic rings. The first-order valence-electron chi connectivity index (χ1n) is 7.18. The van der Waals surface area contributed by atoms with Crippen LogP contribution in [0.2, 0.25) is 0 Å². The van der Waals surface area contributed by atoms with E-state index in [1.807, 2.05) is 13.8 Å². The molecule has 1 heterocycles. The lowest BCUT2D eigenvalue weighted by Gasteiger charge is -2.21. The zero-order chi connectivity index (χ0) is 15.1. The molecule has 0 saturated carbocycles. The maximum Gasteiger partial charge on any atom is 0.242 e. The van der Waals surface area contributed by atoms with Gasteiger partial charge in [0, 0.05) is 6.54 Å². The fraction of sp³-hybridized carbons (Fsp3) is 0.714. The molecule has 1 aromatic heterocycles. The third kappa shape index (κ3) is 4.52. The summed E-state index contributed by atoms with van der Waals surface area (Å²) in [5.74, 6) is 1.15. The number of aliphatic hydroxyl groups is 1. The molecule has 0 aliphatic heterocycles. The Balaban J connectivity index is 2.68. The van der Waals surface area contributed by atoms with Gasteiger partial charge in [0.15, 0.2) is 5.82 Å². The number of ether oxygens (including phenoxy) is 1. The van der Waals surface area contributed by atoms with E-state index in [1.54, 1.807) is 0 Å². The van der Waals surface area contributed by atoms with Crippen molar-refractivity contribution in [3.8, 4) is 5.88 Å². The summed E-state index contributed by atoms with van der Waals surface area (Å²) in [5, 5.41) is 13.2. The third-order valence-electron chi connectivity index (χ3n) is 3.27. The highest BCUT2D eigenvalue weighted by Crippen LogP contribution is 2.25. The molecule has 0 aliphatic rings. The summed E-state index contributed by atoms with van der Waals surface area (Å²) in [6, 6.07) is 0. The summed E-state index contributed by atoms with van der Waals surface area (Å²) >= 11 is 0. The van der Waals surface area contributed by atoms with E-state index in [9.17, 15) is 5.11 Å². The van der Waals surface area contributed by atoms with Crippen molar-refractivity contribution >= 4 is 11.5 Å². The molecule has 6 heteroatoms. The van der Waals surface area contributed by atoms with E-state index in [2.05, 4.69) is 29.1 Å². The Hall–Kier alpha value is -1.56. The fourth-order valence-corrected chi connectivity index (χ4v) is 2.04. The molecule has 114 valence electrons. The molecule has 0 aromatic carbocycles. The van der Waals surface area contributed by atoms with Crippen molar-refractivity contribution in [2.45, 2.75) is 52.7 Å². The molecule has 0 bridgehead atoms. The van der Waals surface area contributed by atoms with Gasteiger partial charge in [-0.15, -0.1) is 0 Å². The van der Waals surface area contributed by atoms with Crippen molar-refractivity contribution in [2.75, 3.05) is 17.6 Å². The molecule has 1 atom stereocenters. The largest absolute Gasteiger partial charge is 0.473 e.